The Hall–Kier alpha value is -2.95. The maximum Gasteiger partial charge on any atom is 0.229 e. The zero-order valence-electron chi connectivity index (χ0n) is 15.1. The molecule has 0 radical (unpaired) electrons. The summed E-state index contributed by atoms with van der Waals surface area (Å²) >= 11 is 0. The Morgan fingerprint density at radius 2 is 1.77 bits per heavy atom. The number of hydrogen-bond acceptors (Lipinski definition) is 4. The van der Waals surface area contributed by atoms with Gasteiger partial charge in [-0.1, -0.05) is 37.3 Å². The molecule has 0 unspecified atom stereocenters. The van der Waals surface area contributed by atoms with E-state index >= 15 is 0 Å². The number of nitrogens with zero attached hydrogens (tertiary/aromatic N) is 2. The van der Waals surface area contributed by atoms with Gasteiger partial charge in [-0.3, -0.25) is 0 Å². The van der Waals surface area contributed by atoms with Crippen LogP contribution < -0.4 is 10.6 Å². The molecule has 5 heteroatoms. The van der Waals surface area contributed by atoms with Crippen LogP contribution in [0.15, 0.2) is 54.6 Å². The maximum atomic E-state index is 13.0. The van der Waals surface area contributed by atoms with Crippen molar-refractivity contribution in [3.8, 4) is 0 Å². The van der Waals surface area contributed by atoms with Crippen molar-refractivity contribution in [2.75, 3.05) is 17.2 Å². The van der Waals surface area contributed by atoms with Gasteiger partial charge in [0.1, 0.15) is 11.6 Å². The molecule has 1 aromatic heterocycles. The van der Waals surface area contributed by atoms with Crippen LogP contribution in [0.4, 0.5) is 21.8 Å². The average molecular weight is 350 g/mol. The lowest BCUT2D eigenvalue weighted by molar-refractivity contribution is 0.627. The quantitative estimate of drug-likeness (QED) is 0.637. The predicted molar refractivity (Wildman–Crippen MR) is 104 cm³/mol. The van der Waals surface area contributed by atoms with Crippen LogP contribution in [0.5, 0.6) is 0 Å². The summed E-state index contributed by atoms with van der Waals surface area (Å²) in [6, 6.07) is 16.7. The topological polar surface area (TPSA) is 49.8 Å². The zero-order chi connectivity index (χ0) is 18.4. The second-order valence-electron chi connectivity index (χ2n) is 6.16. The standard InChI is InChI=1S/C21H23FN4/c1-3-17-6-4-5-7-19(17)25-21-24-15(2)14-20(26-21)23-13-12-16-8-10-18(22)11-9-16/h4-11,14H,3,12-13H2,1-2H3,(H2,23,24,25,26). The van der Waals surface area contributed by atoms with E-state index in [4.69, 9.17) is 0 Å². The van der Waals surface area contributed by atoms with Gasteiger partial charge in [-0.05, 0) is 49.1 Å². The lowest BCUT2D eigenvalue weighted by Crippen LogP contribution is -2.09. The molecule has 0 amide bonds. The molecule has 2 N–H and O–H groups in total. The number of rotatable bonds is 7. The Bertz CT molecular complexity index is 862. The number of hydrogen-bond donors (Lipinski definition) is 2. The van der Waals surface area contributed by atoms with Crippen molar-refractivity contribution in [2.45, 2.75) is 26.7 Å². The molecule has 0 bridgehead atoms. The molecule has 26 heavy (non-hydrogen) atoms. The van der Waals surface area contributed by atoms with Gasteiger partial charge in [-0.25, -0.2) is 9.37 Å². The van der Waals surface area contributed by atoms with Crippen molar-refractivity contribution in [3.63, 3.8) is 0 Å². The van der Waals surface area contributed by atoms with Gasteiger partial charge in [0.25, 0.3) is 0 Å². The minimum absolute atomic E-state index is 0.212. The molecule has 3 aromatic rings. The Balaban J connectivity index is 1.66. The summed E-state index contributed by atoms with van der Waals surface area (Å²) in [4.78, 5) is 9.03. The van der Waals surface area contributed by atoms with Crippen molar-refractivity contribution < 1.29 is 4.39 Å². The monoisotopic (exact) mass is 350 g/mol. The normalized spacial score (nSPS) is 10.6. The van der Waals surface area contributed by atoms with Gasteiger partial charge < -0.3 is 10.6 Å². The minimum atomic E-state index is -0.212. The summed E-state index contributed by atoms with van der Waals surface area (Å²) in [7, 11) is 0. The molecule has 0 aliphatic heterocycles. The van der Waals surface area contributed by atoms with Crippen molar-refractivity contribution >= 4 is 17.5 Å². The zero-order valence-corrected chi connectivity index (χ0v) is 15.1. The van der Waals surface area contributed by atoms with Crippen LogP contribution in [-0.4, -0.2) is 16.5 Å². The van der Waals surface area contributed by atoms with Crippen LogP contribution in [0, 0.1) is 12.7 Å². The van der Waals surface area contributed by atoms with Crippen molar-refractivity contribution in [1.29, 1.82) is 0 Å². The van der Waals surface area contributed by atoms with E-state index in [9.17, 15) is 4.39 Å². The maximum absolute atomic E-state index is 13.0. The third-order valence-electron chi connectivity index (χ3n) is 4.13. The third kappa shape index (κ3) is 4.79. The van der Waals surface area contributed by atoms with Gasteiger partial charge >= 0.3 is 0 Å². The first kappa shape index (κ1) is 17.9. The number of aromatic nitrogens is 2. The number of para-hydroxylation sites is 1. The highest BCUT2D eigenvalue weighted by Gasteiger charge is 2.05. The first-order valence-electron chi connectivity index (χ1n) is 8.83. The molecule has 0 saturated heterocycles. The fraction of sp³-hybridized carbons (Fsp3) is 0.238. The van der Waals surface area contributed by atoms with E-state index in [0.717, 1.165) is 35.6 Å². The van der Waals surface area contributed by atoms with Gasteiger partial charge in [-0.15, -0.1) is 0 Å². The van der Waals surface area contributed by atoms with Crippen LogP contribution in [0.25, 0.3) is 0 Å². The smallest absolute Gasteiger partial charge is 0.229 e. The molecule has 0 fully saturated rings. The largest absolute Gasteiger partial charge is 0.370 e. The van der Waals surface area contributed by atoms with Crippen molar-refractivity contribution in [3.05, 3.63) is 77.2 Å². The van der Waals surface area contributed by atoms with Gasteiger partial charge in [0.2, 0.25) is 5.95 Å². The number of halogens is 1. The predicted octanol–water partition coefficient (Wildman–Crippen LogP) is 4.88. The third-order valence-corrected chi connectivity index (χ3v) is 4.13. The average Bonchev–Trinajstić information content (AvgIpc) is 2.63. The summed E-state index contributed by atoms with van der Waals surface area (Å²) in [6.07, 6.45) is 1.74. The van der Waals surface area contributed by atoms with E-state index in [1.807, 2.05) is 31.2 Å². The summed E-state index contributed by atoms with van der Waals surface area (Å²) < 4.78 is 13.0. The molecule has 0 spiro atoms. The summed E-state index contributed by atoms with van der Waals surface area (Å²) in [5.41, 5.74) is 4.22. The van der Waals surface area contributed by atoms with Gasteiger partial charge in [0.15, 0.2) is 0 Å². The molecule has 0 atom stereocenters. The van der Waals surface area contributed by atoms with E-state index in [1.54, 1.807) is 12.1 Å². The molecule has 2 aromatic carbocycles. The van der Waals surface area contributed by atoms with Gasteiger partial charge in [0.05, 0.1) is 0 Å². The summed E-state index contributed by atoms with van der Waals surface area (Å²) in [5, 5.41) is 6.63. The SMILES string of the molecule is CCc1ccccc1Nc1nc(C)cc(NCCc2ccc(F)cc2)n1. The first-order valence-corrected chi connectivity index (χ1v) is 8.83. The van der Waals surface area contributed by atoms with E-state index in [0.29, 0.717) is 12.5 Å². The molecule has 0 aliphatic rings. The molecule has 134 valence electrons. The van der Waals surface area contributed by atoms with Crippen LogP contribution in [-0.2, 0) is 12.8 Å². The summed E-state index contributed by atoms with van der Waals surface area (Å²) in [6.45, 7) is 4.79. The van der Waals surface area contributed by atoms with Gasteiger partial charge in [-0.2, -0.15) is 4.98 Å². The number of aryl methyl sites for hydroxylation is 2. The van der Waals surface area contributed by atoms with Crippen molar-refractivity contribution in [2.24, 2.45) is 0 Å². The number of nitrogens with one attached hydrogen (secondary N) is 2. The molecule has 0 saturated carbocycles. The second kappa shape index (κ2) is 8.43. The van der Waals surface area contributed by atoms with Gasteiger partial charge in [0, 0.05) is 24.0 Å². The fourth-order valence-electron chi connectivity index (χ4n) is 2.77. The number of anilines is 3. The van der Waals surface area contributed by atoms with Crippen LogP contribution in [0.2, 0.25) is 0 Å². The molecule has 0 aliphatic carbocycles. The Morgan fingerprint density at radius 3 is 2.54 bits per heavy atom. The van der Waals surface area contributed by atoms with E-state index in [-0.39, 0.29) is 5.82 Å². The molecule has 1 heterocycles. The Labute approximate surface area is 153 Å². The highest BCUT2D eigenvalue weighted by molar-refractivity contribution is 5.59. The van der Waals surface area contributed by atoms with E-state index in [2.05, 4.69) is 33.6 Å². The lowest BCUT2D eigenvalue weighted by Gasteiger charge is -2.12. The van der Waals surface area contributed by atoms with Crippen LogP contribution in [0.3, 0.4) is 0 Å². The fourth-order valence-corrected chi connectivity index (χ4v) is 2.77. The minimum Gasteiger partial charge on any atom is -0.370 e. The Kier molecular flexibility index (Phi) is 5.79. The van der Waals surface area contributed by atoms with E-state index < -0.39 is 0 Å². The lowest BCUT2D eigenvalue weighted by atomic mass is 10.1. The second-order valence-corrected chi connectivity index (χ2v) is 6.16. The molecule has 3 rings (SSSR count). The first-order chi connectivity index (χ1) is 12.6. The molecule has 4 nitrogen and oxygen atoms in total. The Morgan fingerprint density at radius 1 is 1.00 bits per heavy atom. The highest BCUT2D eigenvalue weighted by atomic mass is 19.1. The highest BCUT2D eigenvalue weighted by Crippen LogP contribution is 2.20. The van der Waals surface area contributed by atoms with Crippen LogP contribution >= 0.6 is 0 Å². The van der Waals surface area contributed by atoms with Crippen LogP contribution in [0.1, 0.15) is 23.7 Å². The molecular formula is C21H23FN4. The molecular weight excluding hydrogens is 327 g/mol. The van der Waals surface area contributed by atoms with E-state index in [1.165, 1.54) is 17.7 Å². The van der Waals surface area contributed by atoms with Crippen molar-refractivity contribution in [1.82, 2.24) is 9.97 Å². The number of benzene rings is 2. The summed E-state index contributed by atoms with van der Waals surface area (Å²) in [5.74, 6) is 1.14.